The van der Waals surface area contributed by atoms with Crippen LogP contribution >= 0.6 is 0 Å². The fourth-order valence-electron chi connectivity index (χ4n) is 2.25. The molecule has 6 nitrogen and oxygen atoms in total. The minimum Gasteiger partial charge on any atom is -0.475 e. The van der Waals surface area contributed by atoms with Gasteiger partial charge in [-0.3, -0.25) is 0 Å². The van der Waals surface area contributed by atoms with Crippen LogP contribution in [0.5, 0.6) is 0 Å². The lowest BCUT2D eigenvalue weighted by atomic mass is 10.1. The Labute approximate surface area is 135 Å². The third-order valence-electron chi connectivity index (χ3n) is 3.85. The number of carbonyl (C=O) groups is 1. The van der Waals surface area contributed by atoms with Crippen LogP contribution in [0.15, 0.2) is 39.6 Å². The highest BCUT2D eigenvalue weighted by Gasteiger charge is 2.31. The van der Waals surface area contributed by atoms with E-state index in [1.54, 1.807) is 6.92 Å². The standard InChI is InChI=1S/C16H19NO5S/c1-10-5-7-13(8-6-10)11(2)17(4)23(20,21)15-9-14(16(18)19)22-12(15)3/h5-9,11H,1-4H3,(H,18,19). The van der Waals surface area contributed by atoms with Gasteiger partial charge in [-0.25, -0.2) is 13.2 Å². The first kappa shape index (κ1) is 17.2. The monoisotopic (exact) mass is 337 g/mol. The van der Waals surface area contributed by atoms with Crippen LogP contribution in [0.1, 0.15) is 40.4 Å². The van der Waals surface area contributed by atoms with Crippen LogP contribution < -0.4 is 0 Å². The van der Waals surface area contributed by atoms with Gasteiger partial charge in [-0.05, 0) is 26.3 Å². The van der Waals surface area contributed by atoms with Crippen molar-refractivity contribution >= 4 is 16.0 Å². The third kappa shape index (κ3) is 3.30. The van der Waals surface area contributed by atoms with Crippen molar-refractivity contribution in [1.82, 2.24) is 4.31 Å². The summed E-state index contributed by atoms with van der Waals surface area (Å²) >= 11 is 0. The molecule has 124 valence electrons. The van der Waals surface area contributed by atoms with Gasteiger partial charge in [0.15, 0.2) is 0 Å². The average molecular weight is 337 g/mol. The highest BCUT2D eigenvalue weighted by molar-refractivity contribution is 7.89. The summed E-state index contributed by atoms with van der Waals surface area (Å²) in [6.45, 7) is 5.16. The van der Waals surface area contributed by atoms with Crippen molar-refractivity contribution in [2.45, 2.75) is 31.7 Å². The molecule has 0 aliphatic heterocycles. The molecule has 2 aromatic rings. The van der Waals surface area contributed by atoms with Gasteiger partial charge < -0.3 is 9.52 Å². The Balaban J connectivity index is 2.38. The molecule has 0 amide bonds. The van der Waals surface area contributed by atoms with Crippen LogP contribution in [-0.2, 0) is 10.0 Å². The molecule has 1 aromatic carbocycles. The average Bonchev–Trinajstić information content (AvgIpc) is 2.89. The SMILES string of the molecule is Cc1ccc(C(C)N(C)S(=O)(=O)c2cc(C(=O)O)oc2C)cc1. The molecule has 7 heteroatoms. The Morgan fingerprint density at radius 1 is 1.22 bits per heavy atom. The largest absolute Gasteiger partial charge is 0.475 e. The maximum atomic E-state index is 12.7. The lowest BCUT2D eigenvalue weighted by Gasteiger charge is -2.24. The van der Waals surface area contributed by atoms with Crippen molar-refractivity contribution in [3.8, 4) is 0 Å². The molecule has 0 fully saturated rings. The highest BCUT2D eigenvalue weighted by Crippen LogP contribution is 2.29. The fraction of sp³-hybridized carbons (Fsp3) is 0.312. The normalized spacial score (nSPS) is 13.3. The zero-order chi connectivity index (χ0) is 17.4. The molecule has 0 aliphatic carbocycles. The van der Waals surface area contributed by atoms with Crippen LogP contribution in [0.3, 0.4) is 0 Å². The number of nitrogens with zero attached hydrogens (tertiary/aromatic N) is 1. The Hall–Kier alpha value is -2.12. The topological polar surface area (TPSA) is 87.8 Å². The van der Waals surface area contributed by atoms with Gasteiger partial charge in [-0.1, -0.05) is 29.8 Å². The van der Waals surface area contributed by atoms with Gasteiger partial charge in [0.2, 0.25) is 15.8 Å². The molecule has 2 rings (SSSR count). The van der Waals surface area contributed by atoms with Gasteiger partial charge in [-0.2, -0.15) is 4.31 Å². The van der Waals surface area contributed by atoms with Crippen molar-refractivity contribution in [3.63, 3.8) is 0 Å². The molecule has 1 N–H and O–H groups in total. The quantitative estimate of drug-likeness (QED) is 0.906. The summed E-state index contributed by atoms with van der Waals surface area (Å²) in [7, 11) is -2.40. The smallest absolute Gasteiger partial charge is 0.371 e. The molecule has 23 heavy (non-hydrogen) atoms. The number of carboxylic acid groups (broad SMARTS) is 1. The van der Waals surface area contributed by atoms with Gasteiger partial charge in [0.1, 0.15) is 10.7 Å². The molecule has 1 atom stereocenters. The van der Waals surface area contributed by atoms with E-state index in [2.05, 4.69) is 0 Å². The van der Waals surface area contributed by atoms with E-state index in [0.29, 0.717) is 0 Å². The second-order valence-corrected chi connectivity index (χ2v) is 7.41. The zero-order valence-corrected chi connectivity index (χ0v) is 14.2. The zero-order valence-electron chi connectivity index (χ0n) is 13.4. The van der Waals surface area contributed by atoms with Crippen LogP contribution in [0.25, 0.3) is 0 Å². The Kier molecular flexibility index (Phi) is 4.63. The van der Waals surface area contributed by atoms with E-state index in [4.69, 9.17) is 9.52 Å². The van der Waals surface area contributed by atoms with Gasteiger partial charge in [0.25, 0.3) is 0 Å². The van der Waals surface area contributed by atoms with Crippen LogP contribution in [0.2, 0.25) is 0 Å². The summed E-state index contributed by atoms with van der Waals surface area (Å²) < 4.78 is 31.7. The number of carboxylic acids is 1. The predicted octanol–water partition coefficient (Wildman–Crippen LogP) is 2.98. The number of aromatic carboxylic acids is 1. The van der Waals surface area contributed by atoms with Gasteiger partial charge in [-0.15, -0.1) is 0 Å². The van der Waals surface area contributed by atoms with E-state index >= 15 is 0 Å². The number of hydrogen-bond acceptors (Lipinski definition) is 4. The molecule has 1 aromatic heterocycles. The molecule has 1 unspecified atom stereocenters. The van der Waals surface area contributed by atoms with Gasteiger partial charge in [0, 0.05) is 19.2 Å². The minimum atomic E-state index is -3.86. The summed E-state index contributed by atoms with van der Waals surface area (Å²) in [5.74, 6) is -1.63. The van der Waals surface area contributed by atoms with Crippen LogP contribution in [-0.4, -0.2) is 30.8 Å². The number of aryl methyl sites for hydroxylation is 2. The van der Waals surface area contributed by atoms with Crippen molar-refractivity contribution in [2.24, 2.45) is 0 Å². The van der Waals surface area contributed by atoms with E-state index in [1.807, 2.05) is 31.2 Å². The van der Waals surface area contributed by atoms with Crippen LogP contribution in [0.4, 0.5) is 0 Å². The predicted molar refractivity (Wildman–Crippen MR) is 84.9 cm³/mol. The highest BCUT2D eigenvalue weighted by atomic mass is 32.2. The molecular weight excluding hydrogens is 318 g/mol. The summed E-state index contributed by atoms with van der Waals surface area (Å²) in [5.41, 5.74) is 1.93. The molecular formula is C16H19NO5S. The lowest BCUT2D eigenvalue weighted by molar-refractivity contribution is 0.0661. The Morgan fingerprint density at radius 3 is 2.26 bits per heavy atom. The Bertz CT molecular complexity index is 821. The number of rotatable bonds is 5. The fourth-order valence-corrected chi connectivity index (χ4v) is 3.75. The summed E-state index contributed by atoms with van der Waals surface area (Å²) in [4.78, 5) is 10.8. The summed E-state index contributed by atoms with van der Waals surface area (Å²) in [6.07, 6.45) is 0. The Morgan fingerprint density at radius 2 is 1.78 bits per heavy atom. The van der Waals surface area contributed by atoms with Crippen molar-refractivity contribution < 1.29 is 22.7 Å². The second kappa shape index (κ2) is 6.17. The molecule has 1 heterocycles. The molecule has 0 saturated heterocycles. The summed E-state index contributed by atoms with van der Waals surface area (Å²) in [6, 6.07) is 8.22. The molecule has 0 aliphatic rings. The minimum absolute atomic E-state index is 0.0605. The van der Waals surface area contributed by atoms with E-state index in [0.717, 1.165) is 17.2 Å². The number of sulfonamides is 1. The first-order valence-electron chi connectivity index (χ1n) is 7.03. The summed E-state index contributed by atoms with van der Waals surface area (Å²) in [5, 5.41) is 8.94. The van der Waals surface area contributed by atoms with Crippen LogP contribution in [0, 0.1) is 13.8 Å². The van der Waals surface area contributed by atoms with Gasteiger partial charge >= 0.3 is 5.97 Å². The maximum Gasteiger partial charge on any atom is 0.371 e. The lowest BCUT2D eigenvalue weighted by Crippen LogP contribution is -2.30. The van der Waals surface area contributed by atoms with Gasteiger partial charge in [0.05, 0.1) is 0 Å². The van der Waals surface area contributed by atoms with Crippen molar-refractivity contribution in [1.29, 1.82) is 0 Å². The van der Waals surface area contributed by atoms with E-state index in [9.17, 15) is 13.2 Å². The molecule has 0 radical (unpaired) electrons. The molecule has 0 spiro atoms. The maximum absolute atomic E-state index is 12.7. The van der Waals surface area contributed by atoms with E-state index < -0.39 is 27.8 Å². The number of hydrogen-bond donors (Lipinski definition) is 1. The molecule has 0 bridgehead atoms. The third-order valence-corrected chi connectivity index (χ3v) is 5.88. The van der Waals surface area contributed by atoms with E-state index in [1.165, 1.54) is 18.3 Å². The van der Waals surface area contributed by atoms with E-state index in [-0.39, 0.29) is 10.7 Å². The first-order chi connectivity index (χ1) is 10.6. The molecule has 0 saturated carbocycles. The van der Waals surface area contributed by atoms with Crippen molar-refractivity contribution in [3.05, 3.63) is 53.0 Å². The number of furan rings is 1. The second-order valence-electron chi connectivity index (χ2n) is 5.44. The first-order valence-corrected chi connectivity index (χ1v) is 8.47. The number of benzene rings is 1. The van der Waals surface area contributed by atoms with Crippen molar-refractivity contribution in [2.75, 3.05) is 7.05 Å².